The number of aryl methyl sites for hydroxylation is 1. The number of aromatic nitrogens is 2. The predicted molar refractivity (Wildman–Crippen MR) is 131 cm³/mol. The number of hydrogen-bond acceptors (Lipinski definition) is 7. The summed E-state index contributed by atoms with van der Waals surface area (Å²) in [7, 11) is 0. The molecule has 3 rings (SSSR count). The lowest BCUT2D eigenvalue weighted by Gasteiger charge is -2.19. The number of carbonyl (C=O) groups is 1. The minimum Gasteiger partial charge on any atom is -0.456 e. The van der Waals surface area contributed by atoms with Gasteiger partial charge in [0.2, 0.25) is 5.82 Å². The van der Waals surface area contributed by atoms with E-state index in [0.29, 0.717) is 40.9 Å². The molecule has 3 N–H and O–H groups in total. The van der Waals surface area contributed by atoms with Crippen molar-refractivity contribution in [3.8, 4) is 11.1 Å². The van der Waals surface area contributed by atoms with Crippen molar-refractivity contribution in [1.29, 1.82) is 0 Å². The van der Waals surface area contributed by atoms with Crippen LogP contribution in [0.15, 0.2) is 47.2 Å². The van der Waals surface area contributed by atoms with Crippen LogP contribution in [0.3, 0.4) is 0 Å². The standard InChI is InChI=1S/C23H25BrFN5O4/c1-23(2,3)34-22(31)17-13-29(12-16(17)15-6-5-14(24)11-18(15)25)10-4-9-27-20-8-7-19(30(32)33)21(26)28-20/h5-8,11-13H,4,9-10H2,1-3H3,(H3,26,27,28). The van der Waals surface area contributed by atoms with Crippen molar-refractivity contribution in [2.45, 2.75) is 39.3 Å². The fourth-order valence-electron chi connectivity index (χ4n) is 3.25. The van der Waals surface area contributed by atoms with Gasteiger partial charge in [-0.25, -0.2) is 14.2 Å². The van der Waals surface area contributed by atoms with Gasteiger partial charge in [0.25, 0.3) is 0 Å². The zero-order valence-electron chi connectivity index (χ0n) is 19.0. The van der Waals surface area contributed by atoms with Crippen molar-refractivity contribution in [2.75, 3.05) is 17.6 Å². The van der Waals surface area contributed by atoms with Gasteiger partial charge >= 0.3 is 11.7 Å². The second-order valence-electron chi connectivity index (χ2n) is 8.59. The summed E-state index contributed by atoms with van der Waals surface area (Å²) in [6, 6.07) is 7.45. The van der Waals surface area contributed by atoms with Gasteiger partial charge < -0.3 is 20.4 Å². The number of nitrogen functional groups attached to an aromatic ring is 1. The summed E-state index contributed by atoms with van der Waals surface area (Å²) in [5.41, 5.74) is 5.68. The molecule has 1 aromatic carbocycles. The third kappa shape index (κ3) is 6.31. The maximum atomic E-state index is 14.7. The predicted octanol–water partition coefficient (Wildman–Crippen LogP) is 5.40. The van der Waals surface area contributed by atoms with Gasteiger partial charge in [0.1, 0.15) is 17.2 Å². The van der Waals surface area contributed by atoms with E-state index in [1.807, 2.05) is 0 Å². The van der Waals surface area contributed by atoms with Crippen LogP contribution in [0.25, 0.3) is 11.1 Å². The summed E-state index contributed by atoms with van der Waals surface area (Å²) in [4.78, 5) is 27.1. The van der Waals surface area contributed by atoms with E-state index in [0.717, 1.165) is 0 Å². The lowest BCUT2D eigenvalue weighted by atomic mass is 10.0. The van der Waals surface area contributed by atoms with Gasteiger partial charge in [-0.15, -0.1) is 0 Å². The van der Waals surface area contributed by atoms with Gasteiger partial charge in [-0.2, -0.15) is 0 Å². The van der Waals surface area contributed by atoms with Gasteiger partial charge in [-0.3, -0.25) is 10.1 Å². The van der Waals surface area contributed by atoms with Crippen molar-refractivity contribution in [3.63, 3.8) is 0 Å². The van der Waals surface area contributed by atoms with Gasteiger partial charge in [0, 0.05) is 47.1 Å². The molecule has 11 heteroatoms. The molecule has 0 amide bonds. The van der Waals surface area contributed by atoms with E-state index in [9.17, 15) is 19.3 Å². The Morgan fingerprint density at radius 2 is 2.00 bits per heavy atom. The Hall–Kier alpha value is -3.47. The topological polar surface area (TPSA) is 125 Å². The molecule has 0 saturated carbocycles. The Kier molecular flexibility index (Phi) is 7.55. The van der Waals surface area contributed by atoms with E-state index in [4.69, 9.17) is 10.5 Å². The molecule has 0 aliphatic heterocycles. The summed E-state index contributed by atoms with van der Waals surface area (Å²) in [5, 5.41) is 13.9. The van der Waals surface area contributed by atoms with Crippen LogP contribution in [0.5, 0.6) is 0 Å². The highest BCUT2D eigenvalue weighted by Gasteiger charge is 2.24. The fraction of sp³-hybridized carbons (Fsp3) is 0.304. The van der Waals surface area contributed by atoms with Gasteiger partial charge in [-0.05, 0) is 45.4 Å². The van der Waals surface area contributed by atoms with Crippen LogP contribution >= 0.6 is 15.9 Å². The number of nitrogens with one attached hydrogen (secondary N) is 1. The molecule has 0 spiro atoms. The smallest absolute Gasteiger partial charge is 0.340 e. The van der Waals surface area contributed by atoms with Crippen molar-refractivity contribution in [3.05, 3.63) is 68.7 Å². The van der Waals surface area contributed by atoms with Gasteiger partial charge in [-0.1, -0.05) is 22.0 Å². The zero-order chi connectivity index (χ0) is 25.0. The maximum Gasteiger partial charge on any atom is 0.340 e. The van der Waals surface area contributed by atoms with E-state index in [1.54, 1.807) is 49.9 Å². The van der Waals surface area contributed by atoms with Crippen LogP contribution < -0.4 is 11.1 Å². The minimum absolute atomic E-state index is 0.163. The molecule has 0 atom stereocenters. The zero-order valence-corrected chi connectivity index (χ0v) is 20.6. The summed E-state index contributed by atoms with van der Waals surface area (Å²) in [6.07, 6.45) is 3.99. The van der Waals surface area contributed by atoms with E-state index in [1.165, 1.54) is 18.2 Å². The number of nitrogens with zero attached hydrogens (tertiary/aromatic N) is 3. The minimum atomic E-state index is -0.696. The Morgan fingerprint density at radius 3 is 2.62 bits per heavy atom. The van der Waals surface area contributed by atoms with E-state index < -0.39 is 22.3 Å². The molecule has 0 bridgehead atoms. The fourth-order valence-corrected chi connectivity index (χ4v) is 3.59. The molecule has 0 unspecified atom stereocenters. The number of rotatable bonds is 8. The average molecular weight is 534 g/mol. The molecule has 180 valence electrons. The normalized spacial score (nSPS) is 11.3. The Morgan fingerprint density at radius 1 is 1.26 bits per heavy atom. The van der Waals surface area contributed by atoms with Crippen LogP contribution in [0.2, 0.25) is 0 Å². The molecule has 0 aliphatic rings. The van der Waals surface area contributed by atoms with Gasteiger partial charge in [0.15, 0.2) is 0 Å². The first-order valence-electron chi connectivity index (χ1n) is 10.5. The highest BCUT2D eigenvalue weighted by molar-refractivity contribution is 9.10. The molecule has 0 radical (unpaired) electrons. The largest absolute Gasteiger partial charge is 0.456 e. The Labute approximate surface area is 204 Å². The number of pyridine rings is 1. The van der Waals surface area contributed by atoms with Crippen molar-refractivity contribution < 1.29 is 18.8 Å². The quantitative estimate of drug-likeness (QED) is 0.172. The third-order valence-corrected chi connectivity index (χ3v) is 5.21. The van der Waals surface area contributed by atoms with Crippen LogP contribution in [0.4, 0.5) is 21.7 Å². The Bertz CT molecular complexity index is 1220. The van der Waals surface area contributed by atoms with E-state index in [2.05, 4.69) is 26.2 Å². The molecular weight excluding hydrogens is 509 g/mol. The molecule has 9 nitrogen and oxygen atoms in total. The molecule has 2 aromatic heterocycles. The summed E-state index contributed by atoms with van der Waals surface area (Å²) >= 11 is 3.25. The van der Waals surface area contributed by atoms with Gasteiger partial charge in [0.05, 0.1) is 10.5 Å². The highest BCUT2D eigenvalue weighted by Crippen LogP contribution is 2.31. The van der Waals surface area contributed by atoms with Crippen molar-refractivity contribution in [2.24, 2.45) is 0 Å². The molecule has 0 aliphatic carbocycles. The average Bonchev–Trinajstić information content (AvgIpc) is 3.14. The lowest BCUT2D eigenvalue weighted by molar-refractivity contribution is -0.384. The van der Waals surface area contributed by atoms with E-state index >= 15 is 0 Å². The third-order valence-electron chi connectivity index (χ3n) is 4.72. The van der Waals surface area contributed by atoms with Crippen molar-refractivity contribution >= 4 is 39.2 Å². The van der Waals surface area contributed by atoms with Crippen molar-refractivity contribution in [1.82, 2.24) is 9.55 Å². The molecule has 34 heavy (non-hydrogen) atoms. The lowest BCUT2D eigenvalue weighted by Crippen LogP contribution is -2.24. The summed E-state index contributed by atoms with van der Waals surface area (Å²) in [6.45, 7) is 6.32. The summed E-state index contributed by atoms with van der Waals surface area (Å²) in [5.74, 6) is -0.737. The van der Waals surface area contributed by atoms with Crippen LogP contribution in [0.1, 0.15) is 37.6 Å². The van der Waals surface area contributed by atoms with Crippen LogP contribution in [0, 0.1) is 15.9 Å². The number of anilines is 2. The first-order valence-corrected chi connectivity index (χ1v) is 11.3. The molecular formula is C23H25BrFN5O4. The van der Waals surface area contributed by atoms with Crippen LogP contribution in [-0.4, -0.2) is 32.6 Å². The molecule has 3 aromatic rings. The number of carbonyl (C=O) groups excluding carboxylic acids is 1. The Balaban J connectivity index is 1.75. The van der Waals surface area contributed by atoms with Crippen LogP contribution in [-0.2, 0) is 11.3 Å². The summed E-state index contributed by atoms with van der Waals surface area (Å²) < 4.78 is 22.6. The SMILES string of the molecule is CC(C)(C)OC(=O)c1cn(CCCNc2ccc([N+](=O)[O-])c(N)n2)cc1-c1ccc(Br)cc1F. The number of benzene rings is 1. The number of esters is 1. The van der Waals surface area contributed by atoms with E-state index in [-0.39, 0.29) is 17.1 Å². The number of ether oxygens (including phenoxy) is 1. The molecule has 0 fully saturated rings. The number of nitrogens with two attached hydrogens (primary N) is 1. The first-order chi connectivity index (χ1) is 15.9. The number of nitro groups is 1. The number of hydrogen-bond donors (Lipinski definition) is 2. The second kappa shape index (κ2) is 10.2. The second-order valence-corrected chi connectivity index (χ2v) is 9.50. The maximum absolute atomic E-state index is 14.7. The first kappa shape index (κ1) is 25.2. The number of halogens is 2. The monoisotopic (exact) mass is 533 g/mol. The molecule has 0 saturated heterocycles. The molecule has 2 heterocycles. The highest BCUT2D eigenvalue weighted by atomic mass is 79.9.